The number of anilines is 1. The maximum Gasteiger partial charge on any atom is 0.410 e. The zero-order valence-corrected chi connectivity index (χ0v) is 23.4. The van der Waals surface area contributed by atoms with E-state index in [-0.39, 0.29) is 22.8 Å². The van der Waals surface area contributed by atoms with Crippen LogP contribution in [0.25, 0.3) is 0 Å². The van der Waals surface area contributed by atoms with Crippen molar-refractivity contribution in [1.29, 1.82) is 0 Å². The third kappa shape index (κ3) is 7.77. The molecule has 2 atom stereocenters. The molecule has 0 aromatic carbocycles. The van der Waals surface area contributed by atoms with E-state index in [1.807, 2.05) is 44.4 Å². The van der Waals surface area contributed by atoms with Gasteiger partial charge in [0.1, 0.15) is 17.5 Å². The highest BCUT2D eigenvalue weighted by atomic mass is 32.2. The molecule has 2 aliphatic rings. The van der Waals surface area contributed by atoms with Crippen molar-refractivity contribution < 1.29 is 27.4 Å². The van der Waals surface area contributed by atoms with Crippen LogP contribution in [0.3, 0.4) is 0 Å². The number of carbonyl (C=O) groups is 1. The van der Waals surface area contributed by atoms with Crippen molar-refractivity contribution in [3.63, 3.8) is 0 Å². The van der Waals surface area contributed by atoms with Crippen LogP contribution >= 0.6 is 0 Å². The molecule has 3 heterocycles. The number of carbonyl (C=O) groups excluding carboxylic acids is 1. The standard InChI is InChI=1S/C25H42N4O6S/c1-23(2,3)35-22(30)29-15-18(14-24(29,4)5)10-9-13-28(16-19-17-33-25(6,7)34-19)20-11-8-12-21(27-20)36(26,31)32/h8,11-12,18-19H,9-10,13-17H2,1-7H3,(H2,26,31,32). The molecule has 10 nitrogen and oxygen atoms in total. The van der Waals surface area contributed by atoms with Gasteiger partial charge in [0.15, 0.2) is 10.8 Å². The number of rotatable bonds is 8. The van der Waals surface area contributed by atoms with Crippen LogP contribution in [0.1, 0.15) is 67.7 Å². The van der Waals surface area contributed by atoms with E-state index in [4.69, 9.17) is 19.3 Å². The summed E-state index contributed by atoms with van der Waals surface area (Å²) in [6.07, 6.45) is 2.18. The number of likely N-dealkylation sites (tertiary alicyclic amines) is 1. The van der Waals surface area contributed by atoms with Crippen molar-refractivity contribution >= 4 is 21.9 Å². The molecule has 2 aliphatic heterocycles. The monoisotopic (exact) mass is 526 g/mol. The first-order chi connectivity index (χ1) is 16.5. The minimum absolute atomic E-state index is 0.167. The fourth-order valence-corrected chi connectivity index (χ4v) is 5.42. The first kappa shape index (κ1) is 28.6. The second-order valence-corrected chi connectivity index (χ2v) is 13.4. The Morgan fingerprint density at radius 1 is 1.28 bits per heavy atom. The van der Waals surface area contributed by atoms with Crippen molar-refractivity contribution in [2.24, 2.45) is 11.1 Å². The van der Waals surface area contributed by atoms with Crippen molar-refractivity contribution in [2.75, 3.05) is 31.1 Å². The first-order valence-corrected chi connectivity index (χ1v) is 14.1. The van der Waals surface area contributed by atoms with Crippen LogP contribution in [0.4, 0.5) is 10.6 Å². The molecule has 36 heavy (non-hydrogen) atoms. The highest BCUT2D eigenvalue weighted by molar-refractivity contribution is 7.89. The van der Waals surface area contributed by atoms with E-state index >= 15 is 0 Å². The van der Waals surface area contributed by atoms with Crippen molar-refractivity contribution in [3.05, 3.63) is 18.2 Å². The van der Waals surface area contributed by atoms with E-state index in [1.54, 1.807) is 12.1 Å². The third-order valence-electron chi connectivity index (χ3n) is 6.43. The minimum atomic E-state index is -3.92. The Morgan fingerprint density at radius 2 is 1.97 bits per heavy atom. The third-order valence-corrected chi connectivity index (χ3v) is 7.24. The summed E-state index contributed by atoms with van der Waals surface area (Å²) < 4.78 is 41.1. The normalized spacial score (nSPS) is 23.6. The average Bonchev–Trinajstić information content (AvgIpc) is 3.22. The number of hydrogen-bond donors (Lipinski definition) is 1. The molecule has 2 unspecified atom stereocenters. The van der Waals surface area contributed by atoms with Gasteiger partial charge in [-0.2, -0.15) is 0 Å². The summed E-state index contributed by atoms with van der Waals surface area (Å²) in [7, 11) is -3.92. The van der Waals surface area contributed by atoms with Crippen LogP contribution in [0.5, 0.6) is 0 Å². The summed E-state index contributed by atoms with van der Waals surface area (Å²) in [5.41, 5.74) is -0.816. The lowest BCUT2D eigenvalue weighted by molar-refractivity contribution is -0.137. The molecule has 0 bridgehead atoms. The number of amides is 1. The Labute approximate surface area is 215 Å². The van der Waals surface area contributed by atoms with Crippen molar-refractivity contribution in [3.8, 4) is 0 Å². The maximum absolute atomic E-state index is 12.8. The Bertz CT molecular complexity index is 1040. The fraction of sp³-hybridized carbons (Fsp3) is 0.760. The minimum Gasteiger partial charge on any atom is -0.444 e. The lowest BCUT2D eigenvalue weighted by Crippen LogP contribution is -2.45. The second-order valence-electron chi connectivity index (χ2n) is 11.9. The highest BCUT2D eigenvalue weighted by Crippen LogP contribution is 2.36. The molecule has 2 fully saturated rings. The summed E-state index contributed by atoms with van der Waals surface area (Å²) in [6, 6.07) is 4.81. The number of nitrogens with zero attached hydrogens (tertiary/aromatic N) is 3. The van der Waals surface area contributed by atoms with Gasteiger partial charge < -0.3 is 24.0 Å². The highest BCUT2D eigenvalue weighted by Gasteiger charge is 2.42. The van der Waals surface area contributed by atoms with Crippen molar-refractivity contribution in [1.82, 2.24) is 9.88 Å². The van der Waals surface area contributed by atoms with Crippen LogP contribution in [-0.2, 0) is 24.2 Å². The summed E-state index contributed by atoms with van der Waals surface area (Å²) in [5.74, 6) is 0.201. The van der Waals surface area contributed by atoms with E-state index in [0.29, 0.717) is 38.0 Å². The van der Waals surface area contributed by atoms with E-state index in [0.717, 1.165) is 19.3 Å². The quantitative estimate of drug-likeness (QED) is 0.546. The summed E-state index contributed by atoms with van der Waals surface area (Å²) >= 11 is 0. The zero-order valence-electron chi connectivity index (χ0n) is 22.6. The molecule has 0 aliphatic carbocycles. The van der Waals surface area contributed by atoms with Gasteiger partial charge in [-0.25, -0.2) is 23.3 Å². The Kier molecular flexibility index (Phi) is 8.29. The Balaban J connectivity index is 1.67. The summed E-state index contributed by atoms with van der Waals surface area (Å²) in [5, 5.41) is 5.15. The van der Waals surface area contributed by atoms with Gasteiger partial charge in [0.05, 0.1) is 6.61 Å². The SMILES string of the molecule is CC(C)(C)OC(=O)N1CC(CCCN(CC2COC(C)(C)O2)c2cccc(S(N)(=O)=O)n2)CC1(C)C. The number of primary sulfonamides is 1. The Morgan fingerprint density at radius 3 is 2.56 bits per heavy atom. The first-order valence-electron chi connectivity index (χ1n) is 12.5. The molecule has 1 amide bonds. The number of sulfonamides is 1. The Hall–Kier alpha value is -1.95. The van der Waals surface area contributed by atoms with Gasteiger partial charge in [-0.15, -0.1) is 0 Å². The van der Waals surface area contributed by atoms with E-state index in [9.17, 15) is 13.2 Å². The lowest BCUT2D eigenvalue weighted by Gasteiger charge is -2.33. The van der Waals surface area contributed by atoms with Crippen LogP contribution in [0.15, 0.2) is 23.2 Å². The summed E-state index contributed by atoms with van der Waals surface area (Å²) in [6.45, 7) is 15.8. The number of pyridine rings is 1. The van der Waals surface area contributed by atoms with Gasteiger partial charge in [0.2, 0.25) is 0 Å². The largest absolute Gasteiger partial charge is 0.444 e. The predicted molar refractivity (Wildman–Crippen MR) is 137 cm³/mol. The molecular weight excluding hydrogens is 484 g/mol. The number of nitrogens with two attached hydrogens (primary N) is 1. The molecule has 2 N–H and O–H groups in total. The average molecular weight is 527 g/mol. The van der Waals surface area contributed by atoms with Crippen LogP contribution in [0.2, 0.25) is 0 Å². The molecule has 1 aromatic heterocycles. The molecule has 0 radical (unpaired) electrons. The smallest absolute Gasteiger partial charge is 0.410 e. The molecule has 0 spiro atoms. The molecule has 11 heteroatoms. The van der Waals surface area contributed by atoms with Crippen molar-refractivity contribution in [2.45, 2.75) is 95.8 Å². The zero-order chi connectivity index (χ0) is 26.9. The number of aromatic nitrogens is 1. The summed E-state index contributed by atoms with van der Waals surface area (Å²) in [4.78, 5) is 20.9. The van der Waals surface area contributed by atoms with Gasteiger partial charge in [-0.1, -0.05) is 6.07 Å². The fourth-order valence-electron chi connectivity index (χ4n) is 4.93. The maximum atomic E-state index is 12.8. The second kappa shape index (κ2) is 10.4. The molecule has 3 rings (SSSR count). The molecule has 1 aromatic rings. The van der Waals surface area contributed by atoms with Gasteiger partial charge in [0.25, 0.3) is 10.0 Å². The van der Waals surface area contributed by atoms with Crippen LogP contribution in [-0.4, -0.2) is 73.7 Å². The molecule has 0 saturated carbocycles. The number of hydrogen-bond acceptors (Lipinski definition) is 8. The van der Waals surface area contributed by atoms with Crippen LogP contribution < -0.4 is 10.0 Å². The molecular formula is C25H42N4O6S. The van der Waals surface area contributed by atoms with Gasteiger partial charge >= 0.3 is 6.09 Å². The molecule has 204 valence electrons. The van der Waals surface area contributed by atoms with E-state index in [1.165, 1.54) is 6.07 Å². The van der Waals surface area contributed by atoms with Gasteiger partial charge in [0, 0.05) is 25.2 Å². The van der Waals surface area contributed by atoms with E-state index in [2.05, 4.69) is 18.8 Å². The van der Waals surface area contributed by atoms with Crippen LogP contribution in [0, 0.1) is 5.92 Å². The lowest BCUT2D eigenvalue weighted by atomic mass is 9.93. The number of ether oxygens (including phenoxy) is 3. The van der Waals surface area contributed by atoms with Gasteiger partial charge in [-0.05, 0) is 85.8 Å². The molecule has 2 saturated heterocycles. The van der Waals surface area contributed by atoms with Gasteiger partial charge in [-0.3, -0.25) is 0 Å². The van der Waals surface area contributed by atoms with E-state index < -0.39 is 21.4 Å². The predicted octanol–water partition coefficient (Wildman–Crippen LogP) is 3.50. The topological polar surface area (TPSA) is 124 Å².